The van der Waals surface area contributed by atoms with Gasteiger partial charge in [-0.2, -0.15) is 8.42 Å². The molecule has 2 aliphatic rings. The molecule has 1 heterocycles. The number of hydrogen-bond acceptors (Lipinski definition) is 7. The van der Waals surface area contributed by atoms with Crippen LogP contribution in [-0.4, -0.2) is 53.0 Å². The molecule has 0 radical (unpaired) electrons. The van der Waals surface area contributed by atoms with E-state index in [1.54, 1.807) is 18.1 Å². The zero-order valence-electron chi connectivity index (χ0n) is 19.6. The van der Waals surface area contributed by atoms with Crippen molar-refractivity contribution in [2.45, 2.75) is 25.9 Å². The van der Waals surface area contributed by atoms with Gasteiger partial charge in [-0.3, -0.25) is 0 Å². The summed E-state index contributed by atoms with van der Waals surface area (Å²) in [5.74, 6) is 1.36. The van der Waals surface area contributed by atoms with Crippen molar-refractivity contribution < 1.29 is 31.6 Å². The first-order chi connectivity index (χ1) is 16.2. The van der Waals surface area contributed by atoms with Crippen molar-refractivity contribution in [2.75, 3.05) is 33.6 Å². The molecule has 0 N–H and O–H groups in total. The molecule has 34 heavy (non-hydrogen) atoms. The van der Waals surface area contributed by atoms with Crippen molar-refractivity contribution in [3.63, 3.8) is 0 Å². The van der Waals surface area contributed by atoms with E-state index in [0.29, 0.717) is 49.4 Å². The summed E-state index contributed by atoms with van der Waals surface area (Å²) < 4.78 is 45.9. The number of amides is 1. The van der Waals surface area contributed by atoms with Crippen LogP contribution in [0.1, 0.15) is 29.5 Å². The van der Waals surface area contributed by atoms with E-state index in [9.17, 15) is 13.2 Å². The lowest BCUT2D eigenvalue weighted by molar-refractivity contribution is 0.0719. The molecule has 8 nitrogen and oxygen atoms in total. The van der Waals surface area contributed by atoms with Gasteiger partial charge in [-0.15, -0.1) is 0 Å². The van der Waals surface area contributed by atoms with Gasteiger partial charge in [0.2, 0.25) is 0 Å². The fourth-order valence-corrected chi connectivity index (χ4v) is 5.08. The molecule has 9 heteroatoms. The molecule has 0 atom stereocenters. The van der Waals surface area contributed by atoms with Gasteiger partial charge in [-0.25, -0.2) is 4.79 Å². The molecule has 0 bridgehead atoms. The number of fused-ring (bicyclic) bond motifs is 1. The predicted molar refractivity (Wildman–Crippen MR) is 127 cm³/mol. The molecule has 4 rings (SSSR count). The van der Waals surface area contributed by atoms with Gasteiger partial charge in [0.1, 0.15) is 23.9 Å². The summed E-state index contributed by atoms with van der Waals surface area (Å²) in [6.45, 7) is 1.21. The number of methoxy groups -OCH3 is 2. The number of hydrogen-bond donors (Lipinski definition) is 0. The molecule has 182 valence electrons. The largest absolute Gasteiger partial charge is 0.497 e. The number of benzene rings is 2. The van der Waals surface area contributed by atoms with E-state index in [-0.39, 0.29) is 23.9 Å². The van der Waals surface area contributed by atoms with Crippen LogP contribution in [0.2, 0.25) is 0 Å². The van der Waals surface area contributed by atoms with Gasteiger partial charge in [0.05, 0.1) is 26.0 Å². The fraction of sp³-hybridized carbons (Fsp3) is 0.400. The summed E-state index contributed by atoms with van der Waals surface area (Å²) in [5.41, 5.74) is 2.07. The number of ether oxygens (including phenoxy) is 3. The minimum atomic E-state index is -3.76. The number of likely N-dealkylation sites (tertiary alicyclic amines) is 1. The second-order valence-corrected chi connectivity index (χ2v) is 10.3. The first kappa shape index (κ1) is 23.9. The summed E-state index contributed by atoms with van der Waals surface area (Å²) >= 11 is 0. The van der Waals surface area contributed by atoms with Gasteiger partial charge in [0, 0.05) is 19.2 Å². The van der Waals surface area contributed by atoms with Gasteiger partial charge < -0.3 is 23.3 Å². The van der Waals surface area contributed by atoms with Crippen LogP contribution >= 0.6 is 0 Å². The molecule has 1 fully saturated rings. The second kappa shape index (κ2) is 9.58. The maximum Gasteiger partial charge on any atom is 0.410 e. The van der Waals surface area contributed by atoms with E-state index in [0.717, 1.165) is 17.4 Å². The number of carbonyl (C=O) groups excluding carboxylic acids is 1. The highest BCUT2D eigenvalue weighted by Gasteiger charge is 2.40. The quantitative estimate of drug-likeness (QED) is 0.569. The lowest BCUT2D eigenvalue weighted by Gasteiger charge is -2.42. The van der Waals surface area contributed by atoms with Gasteiger partial charge in [-0.05, 0) is 47.9 Å². The third kappa shape index (κ3) is 5.30. The monoisotopic (exact) mass is 487 g/mol. The molecule has 0 aromatic heterocycles. The minimum absolute atomic E-state index is 0.223. The highest BCUT2D eigenvalue weighted by Crippen LogP contribution is 2.48. The number of allylic oxidation sites excluding steroid dienone is 1. The minimum Gasteiger partial charge on any atom is -0.497 e. The smallest absolute Gasteiger partial charge is 0.410 e. The number of nitrogens with zero attached hydrogens (tertiary/aromatic N) is 1. The average molecular weight is 488 g/mol. The molecule has 0 saturated carbocycles. The predicted octanol–water partition coefficient (Wildman–Crippen LogP) is 4.00. The van der Waals surface area contributed by atoms with E-state index in [1.165, 1.54) is 7.11 Å². The summed E-state index contributed by atoms with van der Waals surface area (Å²) in [6.07, 6.45) is 4.49. The number of piperidine rings is 1. The first-order valence-corrected chi connectivity index (χ1v) is 12.9. The molecular formula is C25H29NO7S. The van der Waals surface area contributed by atoms with Crippen molar-refractivity contribution in [3.8, 4) is 11.5 Å². The SMILES string of the molecule is COc1cc2c(c(OC)c1)C(OS(C)(=O)=O)=CC1(CCN(C(=O)OCc3ccccc3)CC1)C2. The zero-order valence-corrected chi connectivity index (χ0v) is 20.4. The number of carbonyl (C=O) groups is 1. The molecule has 1 aliphatic carbocycles. The summed E-state index contributed by atoms with van der Waals surface area (Å²) in [4.78, 5) is 14.3. The zero-order chi connectivity index (χ0) is 24.3. The van der Waals surface area contributed by atoms with E-state index in [4.69, 9.17) is 18.4 Å². The highest BCUT2D eigenvalue weighted by atomic mass is 32.2. The van der Waals surface area contributed by atoms with Crippen LogP contribution in [0, 0.1) is 5.41 Å². The van der Waals surface area contributed by atoms with Gasteiger partial charge in [0.15, 0.2) is 0 Å². The fourth-order valence-electron chi connectivity index (χ4n) is 4.62. The average Bonchev–Trinajstić information content (AvgIpc) is 2.81. The van der Waals surface area contributed by atoms with E-state index >= 15 is 0 Å². The Morgan fingerprint density at radius 1 is 1.06 bits per heavy atom. The van der Waals surface area contributed by atoms with Crippen LogP contribution < -0.4 is 9.47 Å². The second-order valence-electron chi connectivity index (χ2n) is 8.73. The molecule has 1 amide bonds. The highest BCUT2D eigenvalue weighted by molar-refractivity contribution is 7.86. The maximum atomic E-state index is 12.6. The van der Waals surface area contributed by atoms with Crippen LogP contribution in [0.4, 0.5) is 4.79 Å². The van der Waals surface area contributed by atoms with Crippen molar-refractivity contribution in [1.82, 2.24) is 4.90 Å². The van der Waals surface area contributed by atoms with Crippen molar-refractivity contribution in [2.24, 2.45) is 5.41 Å². The Hall–Kier alpha value is -3.20. The molecule has 2 aromatic rings. The van der Waals surface area contributed by atoms with Crippen LogP contribution in [0.5, 0.6) is 11.5 Å². The Labute approximate surface area is 200 Å². The molecule has 1 saturated heterocycles. The van der Waals surface area contributed by atoms with E-state index in [2.05, 4.69) is 0 Å². The van der Waals surface area contributed by atoms with Crippen LogP contribution in [0.3, 0.4) is 0 Å². The van der Waals surface area contributed by atoms with E-state index in [1.807, 2.05) is 42.5 Å². The Morgan fingerprint density at radius 2 is 1.76 bits per heavy atom. The molecule has 2 aromatic carbocycles. The van der Waals surface area contributed by atoms with Gasteiger partial charge in [-0.1, -0.05) is 30.3 Å². The molecule has 1 aliphatic heterocycles. The standard InChI is InChI=1S/C25H29NO7S/c1-30-20-13-19-15-25(16-22(33-34(3,28)29)23(19)21(14-20)31-2)9-11-26(12-10-25)24(27)32-17-18-7-5-4-6-8-18/h4-8,13-14,16H,9-12,15,17H2,1-3H3. The third-order valence-electron chi connectivity index (χ3n) is 6.30. The Morgan fingerprint density at radius 3 is 2.38 bits per heavy atom. The maximum absolute atomic E-state index is 12.6. The third-order valence-corrected chi connectivity index (χ3v) is 6.79. The van der Waals surface area contributed by atoms with Crippen LogP contribution in [0.15, 0.2) is 48.5 Å². The lowest BCUT2D eigenvalue weighted by Crippen LogP contribution is -2.44. The van der Waals surface area contributed by atoms with Crippen molar-refractivity contribution in [3.05, 3.63) is 65.2 Å². The Balaban J connectivity index is 1.54. The molecule has 0 unspecified atom stereocenters. The molecular weight excluding hydrogens is 458 g/mol. The summed E-state index contributed by atoms with van der Waals surface area (Å²) in [5, 5.41) is 0. The van der Waals surface area contributed by atoms with E-state index < -0.39 is 10.1 Å². The van der Waals surface area contributed by atoms with Crippen molar-refractivity contribution in [1.29, 1.82) is 0 Å². The first-order valence-electron chi connectivity index (χ1n) is 11.1. The van der Waals surface area contributed by atoms with Crippen LogP contribution in [-0.2, 0) is 32.1 Å². The Kier molecular flexibility index (Phi) is 6.74. The number of rotatable bonds is 6. The normalized spacial score (nSPS) is 16.9. The lowest BCUT2D eigenvalue weighted by atomic mass is 9.69. The van der Waals surface area contributed by atoms with Gasteiger partial charge in [0.25, 0.3) is 0 Å². The Bertz CT molecular complexity index is 1180. The van der Waals surface area contributed by atoms with Gasteiger partial charge >= 0.3 is 16.2 Å². The summed E-state index contributed by atoms with van der Waals surface area (Å²) in [7, 11) is -0.663. The summed E-state index contributed by atoms with van der Waals surface area (Å²) in [6, 6.07) is 13.1. The topological polar surface area (TPSA) is 91.4 Å². The van der Waals surface area contributed by atoms with Crippen molar-refractivity contribution >= 4 is 22.0 Å². The van der Waals surface area contributed by atoms with Crippen LogP contribution in [0.25, 0.3) is 5.76 Å². The molecule has 1 spiro atoms.